The van der Waals surface area contributed by atoms with E-state index in [-0.39, 0.29) is 24.9 Å². The maximum Gasteiger partial charge on any atom is 0.340 e. The summed E-state index contributed by atoms with van der Waals surface area (Å²) >= 11 is 0. The van der Waals surface area contributed by atoms with Crippen molar-refractivity contribution in [3.63, 3.8) is 0 Å². The van der Waals surface area contributed by atoms with E-state index in [1.807, 2.05) is 0 Å². The molecule has 2 rings (SSSR count). The fourth-order valence-corrected chi connectivity index (χ4v) is 2.60. The number of aryl methyl sites for hydroxylation is 1. The van der Waals surface area contributed by atoms with Gasteiger partial charge in [-0.05, 0) is 50.6 Å². The highest BCUT2D eigenvalue weighted by Gasteiger charge is 2.24. The Labute approximate surface area is 151 Å². The molecule has 0 aliphatic heterocycles. The van der Waals surface area contributed by atoms with Crippen LogP contribution in [0.15, 0.2) is 24.3 Å². The molecule has 0 radical (unpaired) electrons. The normalized spacial score (nSPS) is 10.5. The van der Waals surface area contributed by atoms with Crippen LogP contribution in [0.5, 0.6) is 5.75 Å². The van der Waals surface area contributed by atoms with Gasteiger partial charge < -0.3 is 19.4 Å². The topological polar surface area (TPSA) is 71.6 Å². The number of hydrogen-bond donors (Lipinski definition) is 1. The second-order valence-corrected chi connectivity index (χ2v) is 5.87. The molecule has 1 heterocycles. The zero-order valence-corrected chi connectivity index (χ0v) is 15.4. The van der Waals surface area contributed by atoms with Crippen molar-refractivity contribution in [3.8, 4) is 5.75 Å². The first kappa shape index (κ1) is 19.5. The van der Waals surface area contributed by atoms with E-state index < -0.39 is 5.97 Å². The van der Waals surface area contributed by atoms with Crippen LogP contribution in [0, 0.1) is 19.7 Å². The second kappa shape index (κ2) is 8.51. The molecule has 0 saturated carbocycles. The standard InChI is InChI=1S/C19H23FN2O4/c1-5-25-19(24)16-12(2)17(21-13(16)3)18(23)22(4)10-11-26-15-8-6-14(20)7-9-15/h6-9,21H,5,10-11H2,1-4H3. The predicted molar refractivity (Wildman–Crippen MR) is 95.1 cm³/mol. The summed E-state index contributed by atoms with van der Waals surface area (Å²) < 4.78 is 23.4. The van der Waals surface area contributed by atoms with E-state index in [4.69, 9.17) is 9.47 Å². The molecule has 1 N–H and O–H groups in total. The van der Waals surface area contributed by atoms with Crippen LogP contribution in [-0.4, -0.2) is 48.6 Å². The molecule has 7 heteroatoms. The number of aromatic amines is 1. The molecule has 1 amide bonds. The van der Waals surface area contributed by atoms with Crippen LogP contribution in [0.1, 0.15) is 39.0 Å². The number of esters is 1. The first-order chi connectivity index (χ1) is 12.3. The number of ether oxygens (including phenoxy) is 2. The van der Waals surface area contributed by atoms with Crippen LogP contribution >= 0.6 is 0 Å². The number of aromatic nitrogens is 1. The van der Waals surface area contributed by atoms with Crippen molar-refractivity contribution in [2.24, 2.45) is 0 Å². The minimum Gasteiger partial charge on any atom is -0.492 e. The average Bonchev–Trinajstić information content (AvgIpc) is 2.90. The van der Waals surface area contributed by atoms with Gasteiger partial charge in [0.05, 0.1) is 18.7 Å². The highest BCUT2D eigenvalue weighted by atomic mass is 19.1. The summed E-state index contributed by atoms with van der Waals surface area (Å²) in [4.78, 5) is 29.1. The molecule has 0 fully saturated rings. The number of halogens is 1. The van der Waals surface area contributed by atoms with Gasteiger partial charge in [0.1, 0.15) is 23.9 Å². The van der Waals surface area contributed by atoms with Gasteiger partial charge in [-0.3, -0.25) is 4.79 Å². The van der Waals surface area contributed by atoms with Gasteiger partial charge in [0.15, 0.2) is 0 Å². The number of nitrogens with one attached hydrogen (secondary N) is 1. The van der Waals surface area contributed by atoms with E-state index in [1.54, 1.807) is 27.8 Å². The van der Waals surface area contributed by atoms with Crippen LogP contribution < -0.4 is 4.74 Å². The summed E-state index contributed by atoms with van der Waals surface area (Å²) in [6.07, 6.45) is 0. The Hall–Kier alpha value is -2.83. The molecule has 0 aliphatic rings. The summed E-state index contributed by atoms with van der Waals surface area (Å²) in [6.45, 7) is 6.04. The molecule has 140 valence electrons. The second-order valence-electron chi connectivity index (χ2n) is 5.87. The molecule has 0 spiro atoms. The summed E-state index contributed by atoms with van der Waals surface area (Å²) in [5, 5.41) is 0. The van der Waals surface area contributed by atoms with E-state index in [1.165, 1.54) is 29.2 Å². The molecular weight excluding hydrogens is 339 g/mol. The first-order valence-corrected chi connectivity index (χ1v) is 8.35. The van der Waals surface area contributed by atoms with Crippen LogP contribution in [-0.2, 0) is 4.74 Å². The molecule has 0 aliphatic carbocycles. The minimum atomic E-state index is -0.444. The van der Waals surface area contributed by atoms with Gasteiger partial charge in [-0.2, -0.15) is 0 Å². The monoisotopic (exact) mass is 362 g/mol. The quantitative estimate of drug-likeness (QED) is 0.769. The smallest absolute Gasteiger partial charge is 0.340 e. The molecule has 0 saturated heterocycles. The minimum absolute atomic E-state index is 0.246. The summed E-state index contributed by atoms with van der Waals surface area (Å²) in [5.41, 5.74) is 1.92. The van der Waals surface area contributed by atoms with Crippen molar-refractivity contribution in [2.75, 3.05) is 26.8 Å². The van der Waals surface area contributed by atoms with Crippen molar-refractivity contribution in [1.82, 2.24) is 9.88 Å². The highest BCUT2D eigenvalue weighted by Crippen LogP contribution is 2.20. The van der Waals surface area contributed by atoms with Gasteiger partial charge in [-0.1, -0.05) is 0 Å². The molecule has 26 heavy (non-hydrogen) atoms. The molecule has 0 atom stereocenters. The van der Waals surface area contributed by atoms with Crippen LogP contribution in [0.4, 0.5) is 4.39 Å². The first-order valence-electron chi connectivity index (χ1n) is 8.35. The lowest BCUT2D eigenvalue weighted by molar-refractivity contribution is 0.0525. The van der Waals surface area contributed by atoms with E-state index in [9.17, 15) is 14.0 Å². The summed E-state index contributed by atoms with van der Waals surface area (Å²) in [7, 11) is 1.65. The summed E-state index contributed by atoms with van der Waals surface area (Å²) in [6, 6.07) is 5.68. The third-order valence-corrected chi connectivity index (χ3v) is 3.99. The number of H-pyrrole nitrogens is 1. The van der Waals surface area contributed by atoms with Crippen molar-refractivity contribution >= 4 is 11.9 Å². The number of hydrogen-bond acceptors (Lipinski definition) is 4. The third-order valence-electron chi connectivity index (χ3n) is 3.99. The fraction of sp³-hybridized carbons (Fsp3) is 0.368. The van der Waals surface area contributed by atoms with Gasteiger partial charge in [-0.15, -0.1) is 0 Å². The Bertz CT molecular complexity index is 784. The van der Waals surface area contributed by atoms with E-state index >= 15 is 0 Å². The van der Waals surface area contributed by atoms with Gasteiger partial charge in [0.2, 0.25) is 0 Å². The van der Waals surface area contributed by atoms with Crippen LogP contribution in [0.2, 0.25) is 0 Å². The van der Waals surface area contributed by atoms with Crippen molar-refractivity contribution in [3.05, 3.63) is 52.6 Å². The molecular formula is C19H23FN2O4. The number of amides is 1. The van der Waals surface area contributed by atoms with Gasteiger partial charge in [0.25, 0.3) is 5.91 Å². The average molecular weight is 362 g/mol. The number of carbonyl (C=O) groups excluding carboxylic acids is 2. The number of likely N-dealkylation sites (N-methyl/N-ethyl adjacent to an activating group) is 1. The number of benzene rings is 1. The van der Waals surface area contributed by atoms with Crippen LogP contribution in [0.3, 0.4) is 0 Å². The Morgan fingerprint density at radius 3 is 2.46 bits per heavy atom. The molecule has 1 aromatic carbocycles. The Morgan fingerprint density at radius 1 is 1.19 bits per heavy atom. The lowest BCUT2D eigenvalue weighted by Gasteiger charge is -2.17. The van der Waals surface area contributed by atoms with Gasteiger partial charge in [0, 0.05) is 12.7 Å². The van der Waals surface area contributed by atoms with Crippen LogP contribution in [0.25, 0.3) is 0 Å². The molecule has 6 nitrogen and oxygen atoms in total. The van der Waals surface area contributed by atoms with Crippen molar-refractivity contribution < 1.29 is 23.5 Å². The van der Waals surface area contributed by atoms with E-state index in [0.29, 0.717) is 34.8 Å². The number of carbonyl (C=O) groups is 2. The van der Waals surface area contributed by atoms with Gasteiger partial charge >= 0.3 is 5.97 Å². The molecule has 0 unspecified atom stereocenters. The fourth-order valence-electron chi connectivity index (χ4n) is 2.60. The maximum absolute atomic E-state index is 12.9. The zero-order valence-electron chi connectivity index (χ0n) is 15.4. The largest absolute Gasteiger partial charge is 0.492 e. The zero-order chi connectivity index (χ0) is 19.3. The Balaban J connectivity index is 2.00. The molecule has 0 bridgehead atoms. The van der Waals surface area contributed by atoms with Gasteiger partial charge in [-0.25, -0.2) is 9.18 Å². The lowest BCUT2D eigenvalue weighted by atomic mass is 10.1. The molecule has 2 aromatic rings. The SMILES string of the molecule is CCOC(=O)c1c(C)[nH]c(C(=O)N(C)CCOc2ccc(F)cc2)c1C. The highest BCUT2D eigenvalue weighted by molar-refractivity contribution is 6.00. The van der Waals surface area contributed by atoms with Crippen molar-refractivity contribution in [2.45, 2.75) is 20.8 Å². The summed E-state index contributed by atoms with van der Waals surface area (Å²) in [5.74, 6) is -0.493. The van der Waals surface area contributed by atoms with Crippen molar-refractivity contribution in [1.29, 1.82) is 0 Å². The maximum atomic E-state index is 12.9. The molecule has 1 aromatic heterocycles. The Morgan fingerprint density at radius 2 is 1.85 bits per heavy atom. The number of nitrogens with zero attached hydrogens (tertiary/aromatic N) is 1. The third kappa shape index (κ3) is 4.41. The lowest BCUT2D eigenvalue weighted by Crippen LogP contribution is -2.31. The predicted octanol–water partition coefficient (Wildman–Crippen LogP) is 3.10. The number of rotatable bonds is 7. The van der Waals surface area contributed by atoms with E-state index in [2.05, 4.69) is 4.98 Å². The Kier molecular flexibility index (Phi) is 6.38. The van der Waals surface area contributed by atoms with E-state index in [0.717, 1.165) is 0 Å².